The minimum Gasteiger partial charge on any atom is -0.494 e. The minimum atomic E-state index is 0.723. The summed E-state index contributed by atoms with van der Waals surface area (Å²) in [5.41, 5.74) is 1.11. The molecule has 0 radical (unpaired) electrons. The first-order chi connectivity index (χ1) is 8.75. The molecule has 0 saturated carbocycles. The van der Waals surface area contributed by atoms with Crippen molar-refractivity contribution >= 4 is 16.5 Å². The lowest BCUT2D eigenvalue weighted by Gasteiger charge is -2.06. The summed E-state index contributed by atoms with van der Waals surface area (Å²) < 4.78 is 5.62. The Hall–Kier alpha value is -1.55. The van der Waals surface area contributed by atoms with Crippen molar-refractivity contribution in [2.75, 3.05) is 18.5 Å². The first-order valence-corrected chi connectivity index (χ1v) is 6.93. The predicted octanol–water partition coefficient (Wildman–Crippen LogP) is 3.64. The number of nitrogens with zero attached hydrogens (tertiary/aromatic N) is 1. The second kappa shape index (κ2) is 6.40. The number of anilines is 1. The van der Waals surface area contributed by atoms with E-state index in [-0.39, 0.29) is 0 Å². The molecule has 0 bridgehead atoms. The van der Waals surface area contributed by atoms with Gasteiger partial charge in [-0.2, -0.15) is 0 Å². The molecule has 96 valence electrons. The fourth-order valence-corrected chi connectivity index (χ4v) is 2.36. The molecule has 2 rings (SSSR count). The van der Waals surface area contributed by atoms with E-state index in [4.69, 9.17) is 4.74 Å². The van der Waals surface area contributed by atoms with E-state index >= 15 is 0 Å². The monoisotopic (exact) mass is 262 g/mol. The topological polar surface area (TPSA) is 34.2 Å². The fraction of sp³-hybridized carbons (Fsp3) is 0.357. The van der Waals surface area contributed by atoms with Crippen LogP contribution in [0.5, 0.6) is 5.75 Å². The maximum atomic E-state index is 5.62. The van der Waals surface area contributed by atoms with E-state index in [1.807, 2.05) is 37.3 Å². The molecule has 4 heteroatoms. The Morgan fingerprint density at radius 3 is 2.67 bits per heavy atom. The third kappa shape index (κ3) is 3.74. The van der Waals surface area contributed by atoms with Gasteiger partial charge in [0, 0.05) is 11.4 Å². The molecular weight excluding hydrogens is 244 g/mol. The van der Waals surface area contributed by atoms with Gasteiger partial charge in [0.25, 0.3) is 0 Å². The van der Waals surface area contributed by atoms with E-state index in [9.17, 15) is 0 Å². The highest BCUT2D eigenvalue weighted by atomic mass is 32.1. The molecule has 3 nitrogen and oxygen atoms in total. The van der Waals surface area contributed by atoms with E-state index in [1.54, 1.807) is 11.3 Å². The molecule has 0 aliphatic rings. The molecule has 1 heterocycles. The van der Waals surface area contributed by atoms with Crippen LogP contribution in [-0.4, -0.2) is 18.1 Å². The lowest BCUT2D eigenvalue weighted by atomic mass is 10.3. The summed E-state index contributed by atoms with van der Waals surface area (Å²) in [6.07, 6.45) is 0.965. The molecule has 1 N–H and O–H groups in total. The summed E-state index contributed by atoms with van der Waals surface area (Å²) in [4.78, 5) is 5.71. The molecule has 0 amide bonds. The predicted molar refractivity (Wildman–Crippen MR) is 76.6 cm³/mol. The van der Waals surface area contributed by atoms with Gasteiger partial charge in [0.05, 0.1) is 12.3 Å². The van der Waals surface area contributed by atoms with Crippen molar-refractivity contribution in [3.63, 3.8) is 0 Å². The van der Waals surface area contributed by atoms with Crippen LogP contribution in [0.15, 0.2) is 30.3 Å². The molecule has 0 spiro atoms. The molecule has 0 aliphatic carbocycles. The number of nitrogens with one attached hydrogen (secondary N) is 1. The van der Waals surface area contributed by atoms with Gasteiger partial charge in [-0.3, -0.25) is 0 Å². The van der Waals surface area contributed by atoms with Crippen molar-refractivity contribution in [1.29, 1.82) is 0 Å². The van der Waals surface area contributed by atoms with Gasteiger partial charge in [-0.1, -0.05) is 18.2 Å². The van der Waals surface area contributed by atoms with Crippen molar-refractivity contribution in [2.24, 2.45) is 0 Å². The maximum absolute atomic E-state index is 5.62. The van der Waals surface area contributed by atoms with Crippen LogP contribution in [0.4, 0.5) is 5.13 Å². The van der Waals surface area contributed by atoms with Gasteiger partial charge >= 0.3 is 0 Å². The lowest BCUT2D eigenvalue weighted by molar-refractivity contribution is 0.315. The number of rotatable bonds is 6. The lowest BCUT2D eigenvalue weighted by Crippen LogP contribution is -2.07. The Morgan fingerprint density at radius 2 is 2.00 bits per heavy atom. The zero-order valence-corrected chi connectivity index (χ0v) is 11.6. The number of aromatic nitrogens is 1. The number of hydrogen-bond donors (Lipinski definition) is 1. The fourth-order valence-electron chi connectivity index (χ4n) is 1.52. The van der Waals surface area contributed by atoms with Gasteiger partial charge in [0.1, 0.15) is 5.75 Å². The molecule has 0 fully saturated rings. The SMILES string of the molecule is Cc1nc(NCCCOc2ccccc2)sc1C. The Labute approximate surface area is 112 Å². The average Bonchev–Trinajstić information content (AvgIpc) is 2.70. The molecule has 2 aromatic rings. The second-order valence-corrected chi connectivity index (χ2v) is 5.31. The molecule has 1 aromatic carbocycles. The molecule has 1 aromatic heterocycles. The van der Waals surface area contributed by atoms with Crippen LogP contribution in [0.3, 0.4) is 0 Å². The minimum absolute atomic E-state index is 0.723. The maximum Gasteiger partial charge on any atom is 0.183 e. The van der Waals surface area contributed by atoms with E-state index in [0.717, 1.165) is 36.1 Å². The standard InChI is InChI=1S/C14H18N2OS/c1-11-12(2)18-14(16-11)15-9-6-10-17-13-7-4-3-5-8-13/h3-5,7-8H,6,9-10H2,1-2H3,(H,15,16). The summed E-state index contributed by atoms with van der Waals surface area (Å²) in [6, 6.07) is 9.90. The molecule has 0 aliphatic heterocycles. The van der Waals surface area contributed by atoms with Crippen LogP contribution >= 0.6 is 11.3 Å². The molecule has 18 heavy (non-hydrogen) atoms. The third-order valence-corrected chi connectivity index (χ3v) is 3.67. The Morgan fingerprint density at radius 1 is 1.22 bits per heavy atom. The van der Waals surface area contributed by atoms with Gasteiger partial charge in [-0.15, -0.1) is 11.3 Å². The highest BCUT2D eigenvalue weighted by Crippen LogP contribution is 2.20. The summed E-state index contributed by atoms with van der Waals surface area (Å²) >= 11 is 1.71. The number of hydrogen-bond acceptors (Lipinski definition) is 4. The van der Waals surface area contributed by atoms with Crippen molar-refractivity contribution in [2.45, 2.75) is 20.3 Å². The normalized spacial score (nSPS) is 10.3. The summed E-state index contributed by atoms with van der Waals surface area (Å²) in [5.74, 6) is 0.929. The number of thiazole rings is 1. The van der Waals surface area contributed by atoms with Crippen LogP contribution in [0.2, 0.25) is 0 Å². The molecule has 0 unspecified atom stereocenters. The van der Waals surface area contributed by atoms with Crippen molar-refractivity contribution in [1.82, 2.24) is 4.98 Å². The Kier molecular flexibility index (Phi) is 4.59. The zero-order valence-electron chi connectivity index (χ0n) is 10.8. The van der Waals surface area contributed by atoms with Crippen LogP contribution in [0, 0.1) is 13.8 Å². The summed E-state index contributed by atoms with van der Waals surface area (Å²) in [5, 5.41) is 4.32. The van der Waals surface area contributed by atoms with E-state index in [2.05, 4.69) is 17.2 Å². The van der Waals surface area contributed by atoms with Gasteiger partial charge < -0.3 is 10.1 Å². The Balaban J connectivity index is 1.64. The third-order valence-electron chi connectivity index (χ3n) is 2.64. The van der Waals surface area contributed by atoms with Gasteiger partial charge in [0.2, 0.25) is 0 Å². The van der Waals surface area contributed by atoms with Crippen LogP contribution in [0.1, 0.15) is 17.0 Å². The van der Waals surface area contributed by atoms with Crippen LogP contribution < -0.4 is 10.1 Å². The number of benzene rings is 1. The number of aryl methyl sites for hydroxylation is 2. The first-order valence-electron chi connectivity index (χ1n) is 6.11. The van der Waals surface area contributed by atoms with E-state index in [0.29, 0.717) is 0 Å². The van der Waals surface area contributed by atoms with Crippen molar-refractivity contribution < 1.29 is 4.74 Å². The van der Waals surface area contributed by atoms with Gasteiger partial charge in [-0.25, -0.2) is 4.98 Å². The smallest absolute Gasteiger partial charge is 0.183 e. The molecule has 0 atom stereocenters. The molecule has 0 saturated heterocycles. The van der Waals surface area contributed by atoms with E-state index < -0.39 is 0 Å². The van der Waals surface area contributed by atoms with Crippen LogP contribution in [0.25, 0.3) is 0 Å². The van der Waals surface area contributed by atoms with Crippen molar-refractivity contribution in [3.05, 3.63) is 40.9 Å². The first kappa shape index (κ1) is 12.9. The average molecular weight is 262 g/mol. The number of ether oxygens (including phenoxy) is 1. The summed E-state index contributed by atoms with van der Waals surface area (Å²) in [6.45, 7) is 5.74. The van der Waals surface area contributed by atoms with Gasteiger partial charge in [-0.05, 0) is 32.4 Å². The Bertz CT molecular complexity index is 462. The number of para-hydroxylation sites is 1. The highest BCUT2D eigenvalue weighted by molar-refractivity contribution is 7.15. The second-order valence-electron chi connectivity index (χ2n) is 4.10. The summed E-state index contributed by atoms with van der Waals surface area (Å²) in [7, 11) is 0. The quantitative estimate of drug-likeness (QED) is 0.807. The van der Waals surface area contributed by atoms with Crippen LogP contribution in [-0.2, 0) is 0 Å². The zero-order chi connectivity index (χ0) is 12.8. The van der Waals surface area contributed by atoms with E-state index in [1.165, 1.54) is 4.88 Å². The molecular formula is C14H18N2OS. The van der Waals surface area contributed by atoms with Crippen molar-refractivity contribution in [3.8, 4) is 5.75 Å². The largest absolute Gasteiger partial charge is 0.494 e. The van der Waals surface area contributed by atoms with Gasteiger partial charge in [0.15, 0.2) is 5.13 Å². The highest BCUT2D eigenvalue weighted by Gasteiger charge is 2.01.